The molecule has 1 N–H and O–H groups in total. The highest BCUT2D eigenvalue weighted by atomic mass is 32.2. The standard InChI is InChI=1S/C15H32N2O2S/c1-5-9-14-12-17(10-8-11-20(4,18)19)15(6-2,7-3)13-16-14/h14,16H,5-13H2,1-4H3. The van der Waals surface area contributed by atoms with Crippen molar-refractivity contribution in [2.45, 2.75) is 64.5 Å². The van der Waals surface area contributed by atoms with Gasteiger partial charge < -0.3 is 5.32 Å². The summed E-state index contributed by atoms with van der Waals surface area (Å²) in [5.41, 5.74) is 0.210. The topological polar surface area (TPSA) is 49.4 Å². The van der Waals surface area contributed by atoms with E-state index in [0.717, 1.165) is 38.9 Å². The monoisotopic (exact) mass is 304 g/mol. The van der Waals surface area contributed by atoms with Crippen LogP contribution in [0.25, 0.3) is 0 Å². The summed E-state index contributed by atoms with van der Waals surface area (Å²) in [5.74, 6) is 0.304. The third kappa shape index (κ3) is 5.01. The highest BCUT2D eigenvalue weighted by Gasteiger charge is 2.38. The van der Waals surface area contributed by atoms with Crippen LogP contribution in [-0.2, 0) is 9.84 Å². The minimum absolute atomic E-state index is 0.210. The van der Waals surface area contributed by atoms with Gasteiger partial charge in [0.05, 0.1) is 5.75 Å². The number of hydrogen-bond donors (Lipinski definition) is 1. The Bertz CT molecular complexity index is 377. The van der Waals surface area contributed by atoms with E-state index < -0.39 is 9.84 Å². The highest BCUT2D eigenvalue weighted by molar-refractivity contribution is 7.90. The summed E-state index contributed by atoms with van der Waals surface area (Å²) in [6.07, 6.45) is 6.71. The molecule has 5 heteroatoms. The lowest BCUT2D eigenvalue weighted by Gasteiger charge is -2.50. The van der Waals surface area contributed by atoms with Crippen LogP contribution >= 0.6 is 0 Å². The van der Waals surface area contributed by atoms with Crippen molar-refractivity contribution in [1.82, 2.24) is 10.2 Å². The molecule has 0 spiro atoms. The van der Waals surface area contributed by atoms with E-state index >= 15 is 0 Å². The molecule has 1 unspecified atom stereocenters. The molecule has 0 aromatic heterocycles. The molecule has 0 saturated carbocycles. The van der Waals surface area contributed by atoms with Gasteiger partial charge in [0, 0.05) is 30.9 Å². The minimum Gasteiger partial charge on any atom is -0.311 e. The van der Waals surface area contributed by atoms with Gasteiger partial charge in [0.2, 0.25) is 0 Å². The number of piperazine rings is 1. The van der Waals surface area contributed by atoms with Crippen molar-refractivity contribution in [3.05, 3.63) is 0 Å². The highest BCUT2D eigenvalue weighted by Crippen LogP contribution is 2.28. The Morgan fingerprint density at radius 3 is 2.40 bits per heavy atom. The van der Waals surface area contributed by atoms with Gasteiger partial charge in [-0.3, -0.25) is 4.90 Å². The van der Waals surface area contributed by atoms with Crippen LogP contribution in [0.1, 0.15) is 52.9 Å². The average molecular weight is 305 g/mol. The van der Waals surface area contributed by atoms with Crippen LogP contribution in [0, 0.1) is 0 Å². The van der Waals surface area contributed by atoms with Gasteiger partial charge in [0.15, 0.2) is 0 Å². The van der Waals surface area contributed by atoms with E-state index in [9.17, 15) is 8.42 Å². The number of hydrogen-bond acceptors (Lipinski definition) is 4. The summed E-state index contributed by atoms with van der Waals surface area (Å²) in [6.45, 7) is 9.69. The smallest absolute Gasteiger partial charge is 0.147 e. The van der Waals surface area contributed by atoms with Crippen molar-refractivity contribution >= 4 is 9.84 Å². The summed E-state index contributed by atoms with van der Waals surface area (Å²) < 4.78 is 22.6. The fraction of sp³-hybridized carbons (Fsp3) is 1.00. The van der Waals surface area contributed by atoms with Crippen molar-refractivity contribution < 1.29 is 8.42 Å². The third-order valence-electron chi connectivity index (χ3n) is 4.73. The van der Waals surface area contributed by atoms with Gasteiger partial charge in [0.1, 0.15) is 9.84 Å². The molecule has 0 aromatic carbocycles. The predicted octanol–water partition coefficient (Wildman–Crippen LogP) is 2.05. The van der Waals surface area contributed by atoms with Crippen molar-refractivity contribution in [2.24, 2.45) is 0 Å². The van der Waals surface area contributed by atoms with Gasteiger partial charge in [-0.15, -0.1) is 0 Å². The Kier molecular flexibility index (Phi) is 6.95. The van der Waals surface area contributed by atoms with E-state index in [-0.39, 0.29) is 5.54 Å². The maximum absolute atomic E-state index is 11.3. The van der Waals surface area contributed by atoms with Crippen LogP contribution < -0.4 is 5.32 Å². The Morgan fingerprint density at radius 2 is 1.90 bits per heavy atom. The van der Waals surface area contributed by atoms with Crippen LogP contribution in [0.5, 0.6) is 0 Å². The van der Waals surface area contributed by atoms with Crippen LogP contribution in [0.2, 0.25) is 0 Å². The molecule has 0 aliphatic carbocycles. The quantitative estimate of drug-likeness (QED) is 0.746. The molecule has 4 nitrogen and oxygen atoms in total. The Balaban J connectivity index is 2.66. The first-order chi connectivity index (χ1) is 9.37. The van der Waals surface area contributed by atoms with Crippen LogP contribution in [0.3, 0.4) is 0 Å². The maximum Gasteiger partial charge on any atom is 0.147 e. The normalized spacial score (nSPS) is 23.9. The fourth-order valence-electron chi connectivity index (χ4n) is 3.31. The van der Waals surface area contributed by atoms with E-state index in [1.165, 1.54) is 19.1 Å². The molecular formula is C15H32N2O2S. The molecule has 1 aliphatic heterocycles. The molecule has 1 fully saturated rings. The molecule has 1 aliphatic rings. The van der Waals surface area contributed by atoms with E-state index in [1.54, 1.807) is 0 Å². The van der Waals surface area contributed by atoms with E-state index in [4.69, 9.17) is 0 Å². The summed E-state index contributed by atoms with van der Waals surface area (Å²) in [5, 5.41) is 3.69. The first kappa shape index (κ1) is 17.9. The number of sulfone groups is 1. The zero-order chi connectivity index (χ0) is 15.2. The first-order valence-corrected chi connectivity index (χ1v) is 10.1. The van der Waals surface area contributed by atoms with Crippen LogP contribution in [-0.4, -0.2) is 56.5 Å². The molecule has 120 valence electrons. The SMILES string of the molecule is CCCC1CN(CCCS(C)(=O)=O)C(CC)(CC)CN1. The lowest BCUT2D eigenvalue weighted by atomic mass is 9.86. The zero-order valence-corrected chi connectivity index (χ0v) is 14.4. The molecule has 20 heavy (non-hydrogen) atoms. The van der Waals surface area contributed by atoms with Gasteiger partial charge in [-0.2, -0.15) is 0 Å². The molecule has 1 atom stereocenters. The van der Waals surface area contributed by atoms with Gasteiger partial charge in [0.25, 0.3) is 0 Å². The van der Waals surface area contributed by atoms with Gasteiger partial charge >= 0.3 is 0 Å². The van der Waals surface area contributed by atoms with Crippen molar-refractivity contribution in [1.29, 1.82) is 0 Å². The molecule has 0 radical (unpaired) electrons. The summed E-state index contributed by atoms with van der Waals surface area (Å²) >= 11 is 0. The summed E-state index contributed by atoms with van der Waals surface area (Å²) in [4.78, 5) is 2.55. The third-order valence-corrected chi connectivity index (χ3v) is 5.76. The maximum atomic E-state index is 11.3. The molecule has 0 aromatic rings. The van der Waals surface area contributed by atoms with E-state index in [1.807, 2.05) is 0 Å². The van der Waals surface area contributed by atoms with Gasteiger partial charge in [-0.05, 0) is 32.2 Å². The first-order valence-electron chi connectivity index (χ1n) is 8.03. The Hall–Kier alpha value is -0.130. The molecule has 1 saturated heterocycles. The molecule has 0 amide bonds. The lowest BCUT2D eigenvalue weighted by molar-refractivity contribution is 0.0301. The van der Waals surface area contributed by atoms with Gasteiger partial charge in [-0.1, -0.05) is 27.2 Å². The second-order valence-corrected chi connectivity index (χ2v) is 8.49. The lowest BCUT2D eigenvalue weighted by Crippen LogP contribution is -2.64. The number of nitrogens with one attached hydrogen (secondary N) is 1. The van der Waals surface area contributed by atoms with Gasteiger partial charge in [-0.25, -0.2) is 8.42 Å². The molecular weight excluding hydrogens is 272 g/mol. The molecule has 0 bridgehead atoms. The second kappa shape index (κ2) is 7.76. The summed E-state index contributed by atoms with van der Waals surface area (Å²) in [6, 6.07) is 0.560. The molecule has 1 heterocycles. The molecule has 1 rings (SSSR count). The van der Waals surface area contributed by atoms with E-state index in [2.05, 4.69) is 31.0 Å². The van der Waals surface area contributed by atoms with Crippen molar-refractivity contribution in [3.8, 4) is 0 Å². The van der Waals surface area contributed by atoms with E-state index in [0.29, 0.717) is 11.8 Å². The van der Waals surface area contributed by atoms with Crippen molar-refractivity contribution in [3.63, 3.8) is 0 Å². The predicted molar refractivity (Wildman–Crippen MR) is 85.9 cm³/mol. The second-order valence-electron chi connectivity index (χ2n) is 6.23. The number of rotatable bonds is 8. The minimum atomic E-state index is -2.84. The summed E-state index contributed by atoms with van der Waals surface area (Å²) in [7, 11) is -2.84. The van der Waals surface area contributed by atoms with Crippen molar-refractivity contribution in [2.75, 3.05) is 31.6 Å². The zero-order valence-electron chi connectivity index (χ0n) is 13.6. The largest absolute Gasteiger partial charge is 0.311 e. The Morgan fingerprint density at radius 1 is 1.25 bits per heavy atom. The Labute approximate surface area is 125 Å². The fourth-order valence-corrected chi connectivity index (χ4v) is 3.96. The average Bonchev–Trinajstić information content (AvgIpc) is 2.39. The van der Waals surface area contributed by atoms with Crippen LogP contribution in [0.4, 0.5) is 0 Å². The van der Waals surface area contributed by atoms with Crippen LogP contribution in [0.15, 0.2) is 0 Å². The number of nitrogens with zero attached hydrogens (tertiary/aromatic N) is 1.